The Morgan fingerprint density at radius 1 is 1.88 bits per heavy atom. The summed E-state index contributed by atoms with van der Waals surface area (Å²) < 4.78 is 0. The van der Waals surface area contributed by atoms with E-state index < -0.39 is 0 Å². The standard InChI is InChI=1S/C5H11N3/c1-3-7-5-8(6)4-2/h3,5H,1,4,6H2,2H3/b7-5-. The summed E-state index contributed by atoms with van der Waals surface area (Å²) in [5.74, 6) is 5.30. The zero-order valence-electron chi connectivity index (χ0n) is 5.04. The second kappa shape index (κ2) is 4.33. The van der Waals surface area contributed by atoms with E-state index in [0.717, 1.165) is 6.54 Å². The van der Waals surface area contributed by atoms with Crippen molar-refractivity contribution >= 4 is 6.34 Å². The van der Waals surface area contributed by atoms with Crippen LogP contribution in [0, 0.1) is 0 Å². The number of rotatable bonds is 3. The molecule has 0 heterocycles. The molecule has 0 aliphatic carbocycles. The molecular weight excluding hydrogens is 102 g/mol. The van der Waals surface area contributed by atoms with Crippen LogP contribution in [0.1, 0.15) is 6.92 Å². The molecule has 0 spiro atoms. The highest BCUT2D eigenvalue weighted by Gasteiger charge is 1.79. The van der Waals surface area contributed by atoms with E-state index in [-0.39, 0.29) is 0 Å². The van der Waals surface area contributed by atoms with Crippen LogP contribution in [0.3, 0.4) is 0 Å². The molecule has 3 heteroatoms. The molecule has 0 unspecified atom stereocenters. The van der Waals surface area contributed by atoms with Crippen molar-refractivity contribution in [3.05, 3.63) is 12.8 Å². The molecule has 3 nitrogen and oxygen atoms in total. The van der Waals surface area contributed by atoms with Crippen LogP contribution in [0.5, 0.6) is 0 Å². The summed E-state index contributed by atoms with van der Waals surface area (Å²) in [6, 6.07) is 0. The normalized spacial score (nSPS) is 9.75. The summed E-state index contributed by atoms with van der Waals surface area (Å²) in [6.07, 6.45) is 2.96. The van der Waals surface area contributed by atoms with Crippen LogP contribution in [0.2, 0.25) is 0 Å². The second-order valence-corrected chi connectivity index (χ2v) is 1.28. The Bertz CT molecular complexity index is 87.7. The molecular formula is C5H11N3. The van der Waals surface area contributed by atoms with Crippen LogP contribution in [-0.4, -0.2) is 17.9 Å². The molecule has 46 valence electrons. The summed E-state index contributed by atoms with van der Waals surface area (Å²) in [5, 5.41) is 1.47. The zero-order chi connectivity index (χ0) is 6.41. The van der Waals surface area contributed by atoms with Crippen molar-refractivity contribution < 1.29 is 0 Å². The average Bonchev–Trinajstić information content (AvgIpc) is 1.83. The third-order valence-corrected chi connectivity index (χ3v) is 0.686. The fraction of sp³-hybridized carbons (Fsp3) is 0.400. The fourth-order valence-electron chi connectivity index (χ4n) is 0.214. The first-order valence-corrected chi connectivity index (χ1v) is 2.46. The van der Waals surface area contributed by atoms with Crippen LogP contribution >= 0.6 is 0 Å². The maximum atomic E-state index is 5.30. The molecule has 0 bridgehead atoms. The van der Waals surface area contributed by atoms with Crippen LogP contribution in [0.25, 0.3) is 0 Å². The smallest absolute Gasteiger partial charge is 0.104 e. The quantitative estimate of drug-likeness (QED) is 0.248. The summed E-state index contributed by atoms with van der Waals surface area (Å²) in [7, 11) is 0. The van der Waals surface area contributed by atoms with Crippen molar-refractivity contribution in [1.82, 2.24) is 5.01 Å². The minimum atomic E-state index is 0.761. The van der Waals surface area contributed by atoms with E-state index in [9.17, 15) is 0 Å². The number of hydrogen-bond donors (Lipinski definition) is 1. The molecule has 0 saturated heterocycles. The minimum Gasteiger partial charge on any atom is -0.301 e. The molecule has 2 N–H and O–H groups in total. The van der Waals surface area contributed by atoms with Gasteiger partial charge >= 0.3 is 0 Å². The number of hydrogen-bond acceptors (Lipinski definition) is 2. The average molecular weight is 113 g/mol. The van der Waals surface area contributed by atoms with Gasteiger partial charge in [0.2, 0.25) is 0 Å². The van der Waals surface area contributed by atoms with E-state index in [1.165, 1.54) is 17.5 Å². The molecule has 0 radical (unpaired) electrons. The minimum absolute atomic E-state index is 0.761. The molecule has 0 amide bonds. The summed E-state index contributed by atoms with van der Waals surface area (Å²) in [5.41, 5.74) is 0. The number of nitrogens with two attached hydrogens (primary N) is 1. The van der Waals surface area contributed by atoms with Crippen LogP contribution in [0.4, 0.5) is 0 Å². The van der Waals surface area contributed by atoms with Gasteiger partial charge in [0.15, 0.2) is 0 Å². The van der Waals surface area contributed by atoms with E-state index in [4.69, 9.17) is 5.84 Å². The van der Waals surface area contributed by atoms with E-state index in [1.807, 2.05) is 6.92 Å². The predicted molar refractivity (Wildman–Crippen MR) is 35.3 cm³/mol. The lowest BCUT2D eigenvalue weighted by molar-refractivity contribution is 0.480. The van der Waals surface area contributed by atoms with Crippen molar-refractivity contribution in [3.8, 4) is 0 Å². The van der Waals surface area contributed by atoms with Crippen molar-refractivity contribution in [1.29, 1.82) is 0 Å². The van der Waals surface area contributed by atoms with Gasteiger partial charge in [0.1, 0.15) is 6.34 Å². The van der Waals surface area contributed by atoms with Gasteiger partial charge in [0, 0.05) is 12.7 Å². The largest absolute Gasteiger partial charge is 0.301 e. The molecule has 0 rings (SSSR count). The molecule has 0 aromatic rings. The molecule has 0 aliphatic rings. The van der Waals surface area contributed by atoms with Gasteiger partial charge in [-0.3, -0.25) is 0 Å². The molecule has 0 atom stereocenters. The number of nitrogens with zero attached hydrogens (tertiary/aromatic N) is 2. The molecule has 8 heavy (non-hydrogen) atoms. The Balaban J connectivity index is 3.35. The maximum Gasteiger partial charge on any atom is 0.104 e. The van der Waals surface area contributed by atoms with Crippen LogP contribution < -0.4 is 5.84 Å². The summed E-state index contributed by atoms with van der Waals surface area (Å²) in [6.45, 7) is 6.09. The second-order valence-electron chi connectivity index (χ2n) is 1.28. The summed E-state index contributed by atoms with van der Waals surface area (Å²) >= 11 is 0. The first kappa shape index (κ1) is 7.17. The Hall–Kier alpha value is -0.830. The van der Waals surface area contributed by atoms with Crippen molar-refractivity contribution in [3.63, 3.8) is 0 Å². The van der Waals surface area contributed by atoms with Gasteiger partial charge in [0.25, 0.3) is 0 Å². The lowest BCUT2D eigenvalue weighted by Crippen LogP contribution is -2.28. The van der Waals surface area contributed by atoms with E-state index in [0.29, 0.717) is 0 Å². The van der Waals surface area contributed by atoms with Crippen LogP contribution in [0.15, 0.2) is 17.8 Å². The van der Waals surface area contributed by atoms with Gasteiger partial charge in [-0.25, -0.2) is 10.8 Å². The van der Waals surface area contributed by atoms with E-state index >= 15 is 0 Å². The predicted octanol–water partition coefficient (Wildman–Crippen LogP) is 0.354. The molecule has 0 aromatic carbocycles. The monoisotopic (exact) mass is 113 g/mol. The Morgan fingerprint density at radius 2 is 2.50 bits per heavy atom. The first-order valence-electron chi connectivity index (χ1n) is 2.46. The fourth-order valence-corrected chi connectivity index (χ4v) is 0.214. The molecule has 0 fully saturated rings. The van der Waals surface area contributed by atoms with Crippen molar-refractivity contribution in [2.45, 2.75) is 6.92 Å². The summed E-state index contributed by atoms with van der Waals surface area (Å²) in [4.78, 5) is 3.68. The Morgan fingerprint density at radius 3 is 2.88 bits per heavy atom. The van der Waals surface area contributed by atoms with Crippen molar-refractivity contribution in [2.24, 2.45) is 10.8 Å². The highest BCUT2D eigenvalue weighted by atomic mass is 15.4. The molecule has 0 saturated carbocycles. The van der Waals surface area contributed by atoms with Crippen molar-refractivity contribution in [2.75, 3.05) is 6.54 Å². The van der Waals surface area contributed by atoms with Crippen LogP contribution in [-0.2, 0) is 0 Å². The topological polar surface area (TPSA) is 41.6 Å². The number of aliphatic imine (C=N–C) groups is 1. The lowest BCUT2D eigenvalue weighted by atomic mass is 10.7. The SMILES string of the molecule is C=C/N=C\N(N)CC. The maximum absolute atomic E-state index is 5.30. The first-order chi connectivity index (χ1) is 3.81. The molecule has 0 aromatic heterocycles. The zero-order valence-corrected chi connectivity index (χ0v) is 5.04. The van der Waals surface area contributed by atoms with Gasteiger partial charge in [-0.1, -0.05) is 6.58 Å². The van der Waals surface area contributed by atoms with Gasteiger partial charge in [0.05, 0.1) is 0 Å². The third-order valence-electron chi connectivity index (χ3n) is 0.686. The van der Waals surface area contributed by atoms with Gasteiger partial charge < -0.3 is 5.01 Å². The Labute approximate surface area is 49.5 Å². The van der Waals surface area contributed by atoms with Gasteiger partial charge in [-0.15, -0.1) is 0 Å². The highest BCUT2D eigenvalue weighted by molar-refractivity contribution is 5.54. The highest BCUT2D eigenvalue weighted by Crippen LogP contribution is 1.69. The van der Waals surface area contributed by atoms with E-state index in [2.05, 4.69) is 11.6 Å². The van der Waals surface area contributed by atoms with Gasteiger partial charge in [-0.05, 0) is 6.92 Å². The molecule has 0 aliphatic heterocycles. The van der Waals surface area contributed by atoms with Gasteiger partial charge in [-0.2, -0.15) is 0 Å². The third kappa shape index (κ3) is 3.36. The van der Waals surface area contributed by atoms with E-state index in [1.54, 1.807) is 0 Å². The lowest BCUT2D eigenvalue weighted by Gasteiger charge is -2.05. The number of hydrazine groups is 1. The Kier molecular flexibility index (Phi) is 3.88.